The molecule has 0 saturated carbocycles. The fourth-order valence-corrected chi connectivity index (χ4v) is 4.75. The fourth-order valence-electron chi connectivity index (χ4n) is 4.75. The first-order valence-corrected chi connectivity index (χ1v) is 10.5. The van der Waals surface area contributed by atoms with Crippen LogP contribution in [0.3, 0.4) is 0 Å². The van der Waals surface area contributed by atoms with Gasteiger partial charge in [-0.25, -0.2) is 4.98 Å². The van der Waals surface area contributed by atoms with E-state index in [0.717, 1.165) is 37.3 Å². The Morgan fingerprint density at radius 2 is 1.90 bits per heavy atom. The second kappa shape index (κ2) is 7.91. The predicted octanol–water partition coefficient (Wildman–Crippen LogP) is 3.36. The summed E-state index contributed by atoms with van der Waals surface area (Å²) in [5.41, 5.74) is 4.49. The lowest BCUT2D eigenvalue weighted by Gasteiger charge is -2.36. The van der Waals surface area contributed by atoms with Gasteiger partial charge in [-0.05, 0) is 42.9 Å². The number of likely N-dealkylation sites (tertiary alicyclic amines) is 1. The van der Waals surface area contributed by atoms with Crippen LogP contribution < -0.4 is 5.32 Å². The number of guanidine groups is 1. The molecule has 0 spiro atoms. The zero-order chi connectivity index (χ0) is 20.5. The van der Waals surface area contributed by atoms with Gasteiger partial charge in [0.2, 0.25) is 0 Å². The van der Waals surface area contributed by atoms with E-state index >= 15 is 0 Å². The van der Waals surface area contributed by atoms with Crippen LogP contribution in [0.15, 0.2) is 61.3 Å². The van der Waals surface area contributed by atoms with Crippen LogP contribution in [0.2, 0.25) is 0 Å². The lowest BCUT2D eigenvalue weighted by Crippen LogP contribution is -2.43. The Labute approximate surface area is 175 Å². The summed E-state index contributed by atoms with van der Waals surface area (Å²) >= 11 is 0. The number of piperidine rings is 1. The van der Waals surface area contributed by atoms with Gasteiger partial charge in [-0.2, -0.15) is 0 Å². The lowest BCUT2D eigenvalue weighted by atomic mass is 9.86. The number of rotatable bonds is 4. The fraction of sp³-hybridized carbons (Fsp3) is 0.348. The normalized spacial score (nSPS) is 19.2. The average Bonchev–Trinajstić information content (AvgIpc) is 3.37. The van der Waals surface area contributed by atoms with Crippen molar-refractivity contribution in [2.45, 2.75) is 31.4 Å². The third-order valence-electron chi connectivity index (χ3n) is 6.41. The summed E-state index contributed by atoms with van der Waals surface area (Å²) in [6, 6.07) is 12.3. The van der Waals surface area contributed by atoms with Crippen molar-refractivity contribution >= 4 is 11.6 Å². The van der Waals surface area contributed by atoms with Crippen LogP contribution in [0.25, 0.3) is 11.3 Å². The Hall–Kier alpha value is -3.19. The molecule has 2 aliphatic rings. The summed E-state index contributed by atoms with van der Waals surface area (Å²) in [5.74, 6) is 0.650. The molecule has 7 nitrogen and oxygen atoms in total. The van der Waals surface area contributed by atoms with Crippen molar-refractivity contribution in [3.63, 3.8) is 0 Å². The molecule has 5 rings (SSSR count). The van der Waals surface area contributed by atoms with Gasteiger partial charge in [0.25, 0.3) is 0 Å². The van der Waals surface area contributed by atoms with Crippen molar-refractivity contribution in [1.82, 2.24) is 19.4 Å². The zero-order valence-electron chi connectivity index (χ0n) is 16.8. The van der Waals surface area contributed by atoms with E-state index in [2.05, 4.69) is 44.1 Å². The Kier molecular flexibility index (Phi) is 4.96. The maximum atomic E-state index is 11.1. The van der Waals surface area contributed by atoms with Crippen molar-refractivity contribution in [3.05, 3.63) is 66.9 Å². The molecule has 4 heterocycles. The number of aromatic nitrogens is 3. The van der Waals surface area contributed by atoms with Gasteiger partial charge in [0.05, 0.1) is 30.4 Å². The maximum absolute atomic E-state index is 11.1. The molecule has 2 atom stereocenters. The number of nitrogens with one attached hydrogen (secondary N) is 2. The van der Waals surface area contributed by atoms with Crippen LogP contribution in [0, 0.1) is 11.3 Å². The van der Waals surface area contributed by atoms with Crippen LogP contribution >= 0.6 is 0 Å². The molecule has 154 valence electrons. The van der Waals surface area contributed by atoms with E-state index in [4.69, 9.17) is 5.41 Å². The minimum atomic E-state index is -0.374. The second-order valence-electron chi connectivity index (χ2n) is 8.13. The minimum absolute atomic E-state index is 0.137. The quantitative estimate of drug-likeness (QED) is 0.460. The molecular weight excluding hydrogens is 376 g/mol. The highest BCUT2D eigenvalue weighted by atomic mass is 16.3. The van der Waals surface area contributed by atoms with Gasteiger partial charge in [0.1, 0.15) is 0 Å². The summed E-state index contributed by atoms with van der Waals surface area (Å²) in [5, 5.41) is 22.5. The Morgan fingerprint density at radius 3 is 2.70 bits per heavy atom. The van der Waals surface area contributed by atoms with Crippen LogP contribution in [-0.2, 0) is 0 Å². The molecule has 2 aromatic heterocycles. The van der Waals surface area contributed by atoms with Crippen LogP contribution in [0.1, 0.15) is 30.9 Å². The third kappa shape index (κ3) is 3.45. The number of fused-ring (bicyclic) bond motifs is 3. The Morgan fingerprint density at radius 1 is 1.13 bits per heavy atom. The standard InChI is InChI=1S/C23H26N6O/c24-23(27-17-5-9-25-10-6-17)28-11-7-16(8-12-28)22(30)13-20-18-3-1-2-4-19(18)21-14-26-15-29(20)21/h1-6,9-10,14-16,20,22,30H,7-8,11-13H2,(H2,24,25,27). The van der Waals surface area contributed by atoms with E-state index < -0.39 is 0 Å². The summed E-state index contributed by atoms with van der Waals surface area (Å²) < 4.78 is 2.19. The number of pyridine rings is 1. The van der Waals surface area contributed by atoms with E-state index in [-0.39, 0.29) is 18.1 Å². The van der Waals surface area contributed by atoms with Crippen LogP contribution in [0.4, 0.5) is 5.69 Å². The first-order valence-electron chi connectivity index (χ1n) is 10.5. The highest BCUT2D eigenvalue weighted by molar-refractivity contribution is 5.91. The molecule has 1 aromatic carbocycles. The molecule has 30 heavy (non-hydrogen) atoms. The van der Waals surface area contributed by atoms with E-state index in [0.29, 0.717) is 12.4 Å². The molecule has 0 bridgehead atoms. The van der Waals surface area contributed by atoms with Crippen molar-refractivity contribution in [2.75, 3.05) is 18.4 Å². The largest absolute Gasteiger partial charge is 0.393 e. The summed E-state index contributed by atoms with van der Waals surface area (Å²) in [6.45, 7) is 1.55. The first-order chi connectivity index (χ1) is 14.7. The number of hydrogen-bond acceptors (Lipinski definition) is 4. The van der Waals surface area contributed by atoms with Gasteiger partial charge in [0, 0.05) is 36.7 Å². The molecule has 2 aliphatic heterocycles. The third-order valence-corrected chi connectivity index (χ3v) is 6.41. The molecule has 7 heteroatoms. The van der Waals surface area contributed by atoms with Crippen molar-refractivity contribution in [1.29, 1.82) is 5.41 Å². The molecule has 0 radical (unpaired) electrons. The van der Waals surface area contributed by atoms with Crippen molar-refractivity contribution in [2.24, 2.45) is 5.92 Å². The van der Waals surface area contributed by atoms with Crippen molar-refractivity contribution in [3.8, 4) is 11.3 Å². The molecular formula is C23H26N6O. The summed E-state index contributed by atoms with van der Waals surface area (Å²) in [6.07, 6.45) is 9.29. The lowest BCUT2D eigenvalue weighted by molar-refractivity contribution is 0.0595. The highest BCUT2D eigenvalue weighted by Crippen LogP contribution is 2.42. The molecule has 2 unspecified atom stereocenters. The first kappa shape index (κ1) is 18.8. The molecule has 1 fully saturated rings. The maximum Gasteiger partial charge on any atom is 0.195 e. The number of aliphatic hydroxyl groups excluding tert-OH is 1. The Bertz CT molecular complexity index is 1020. The number of anilines is 1. The summed E-state index contributed by atoms with van der Waals surface area (Å²) in [7, 11) is 0. The van der Waals surface area contributed by atoms with Gasteiger partial charge < -0.3 is 19.9 Å². The Balaban J connectivity index is 1.20. The molecule has 3 aromatic rings. The molecule has 3 N–H and O–H groups in total. The number of nitrogens with zero attached hydrogens (tertiary/aromatic N) is 4. The van der Waals surface area contributed by atoms with E-state index in [9.17, 15) is 5.11 Å². The topological polar surface area (TPSA) is 90.1 Å². The van der Waals surface area contributed by atoms with Gasteiger partial charge >= 0.3 is 0 Å². The number of aliphatic hydroxyl groups is 1. The highest BCUT2D eigenvalue weighted by Gasteiger charge is 2.33. The van der Waals surface area contributed by atoms with E-state index in [1.807, 2.05) is 29.6 Å². The van der Waals surface area contributed by atoms with Gasteiger partial charge in [0.15, 0.2) is 5.96 Å². The van der Waals surface area contributed by atoms with E-state index in [1.165, 1.54) is 11.1 Å². The SMILES string of the molecule is N=C(Nc1ccncc1)N1CCC(C(O)CC2c3ccccc3-c3cncn32)CC1. The average molecular weight is 403 g/mol. The van der Waals surface area contributed by atoms with Crippen LogP contribution in [0.5, 0.6) is 0 Å². The number of imidazole rings is 1. The van der Waals surface area contributed by atoms with Crippen molar-refractivity contribution < 1.29 is 5.11 Å². The summed E-state index contributed by atoms with van der Waals surface area (Å²) in [4.78, 5) is 10.4. The molecule has 1 saturated heterocycles. The van der Waals surface area contributed by atoms with Gasteiger partial charge in [-0.15, -0.1) is 0 Å². The predicted molar refractivity (Wildman–Crippen MR) is 116 cm³/mol. The zero-order valence-corrected chi connectivity index (χ0v) is 16.8. The molecule has 0 aliphatic carbocycles. The molecule has 0 amide bonds. The van der Waals surface area contributed by atoms with Gasteiger partial charge in [-0.3, -0.25) is 10.4 Å². The number of benzene rings is 1. The monoisotopic (exact) mass is 402 g/mol. The second-order valence-corrected chi connectivity index (χ2v) is 8.13. The van der Waals surface area contributed by atoms with E-state index in [1.54, 1.807) is 12.4 Å². The van der Waals surface area contributed by atoms with Gasteiger partial charge in [-0.1, -0.05) is 24.3 Å². The van der Waals surface area contributed by atoms with Crippen LogP contribution in [-0.4, -0.2) is 49.7 Å². The smallest absolute Gasteiger partial charge is 0.195 e. The minimum Gasteiger partial charge on any atom is -0.393 e. The number of hydrogen-bond donors (Lipinski definition) is 3.